The maximum Gasteiger partial charge on any atom is 0.278 e. The van der Waals surface area contributed by atoms with Crippen LogP contribution in [0.25, 0.3) is 0 Å². The minimum atomic E-state index is -1.42. The van der Waals surface area contributed by atoms with Crippen LogP contribution in [0.15, 0.2) is 53.5 Å². The molecule has 26 heavy (non-hydrogen) atoms. The number of benzene rings is 2. The van der Waals surface area contributed by atoms with Gasteiger partial charge in [-0.05, 0) is 18.2 Å². The van der Waals surface area contributed by atoms with Crippen LogP contribution in [0, 0.1) is 0 Å². The maximum atomic E-state index is 12.1. The van der Waals surface area contributed by atoms with Crippen molar-refractivity contribution in [3.8, 4) is 0 Å². The predicted molar refractivity (Wildman–Crippen MR) is 102 cm³/mol. The molecule has 2 aromatic carbocycles. The lowest BCUT2D eigenvalue weighted by atomic mass is 10.0. The summed E-state index contributed by atoms with van der Waals surface area (Å²) < 4.78 is 0. The van der Waals surface area contributed by atoms with Crippen LogP contribution < -0.4 is 21.3 Å². The summed E-state index contributed by atoms with van der Waals surface area (Å²) in [5.41, 5.74) is 11.2. The van der Waals surface area contributed by atoms with Crippen molar-refractivity contribution in [1.29, 1.82) is 0 Å². The zero-order valence-electron chi connectivity index (χ0n) is 14.2. The van der Waals surface area contributed by atoms with Gasteiger partial charge in [-0.2, -0.15) is 5.53 Å². The number of amides is 1. The molecule has 0 aliphatic carbocycles. The van der Waals surface area contributed by atoms with Crippen LogP contribution in [-0.4, -0.2) is 43.1 Å². The van der Waals surface area contributed by atoms with Crippen molar-refractivity contribution in [2.24, 2.45) is 4.99 Å². The molecule has 0 aromatic heterocycles. The van der Waals surface area contributed by atoms with Crippen molar-refractivity contribution in [3.63, 3.8) is 0 Å². The van der Waals surface area contributed by atoms with Crippen molar-refractivity contribution in [2.75, 3.05) is 25.0 Å². The smallest absolute Gasteiger partial charge is 0.278 e. The largest absolute Gasteiger partial charge is 0.364 e. The average Bonchev–Trinajstić information content (AvgIpc) is 3.23. The first-order chi connectivity index (χ1) is 12.6. The van der Waals surface area contributed by atoms with Crippen LogP contribution in [0.3, 0.4) is 0 Å². The van der Waals surface area contributed by atoms with Crippen LogP contribution >= 0.6 is 11.6 Å². The summed E-state index contributed by atoms with van der Waals surface area (Å²) in [6, 6.07) is 14.6. The van der Waals surface area contributed by atoms with Gasteiger partial charge in [0, 0.05) is 36.3 Å². The molecule has 1 atom stereocenters. The molecule has 2 aliphatic heterocycles. The lowest BCUT2D eigenvalue weighted by molar-refractivity contribution is -0.125. The quantitative estimate of drug-likeness (QED) is 0.600. The van der Waals surface area contributed by atoms with Crippen LogP contribution in [0.2, 0.25) is 5.02 Å². The van der Waals surface area contributed by atoms with Crippen molar-refractivity contribution < 1.29 is 9.90 Å². The molecule has 7 nitrogen and oxygen atoms in total. The molecule has 136 valence electrons. The number of nitrogens with one attached hydrogen (secondary N) is 3. The Morgan fingerprint density at radius 3 is 2.46 bits per heavy atom. The molecule has 2 aromatic rings. The SMILES string of the molecule is C1CNNN1.CN1C(=O)C(O)N=C(c2ccccc2)c2cc(Cl)ccc21. The zero-order valence-corrected chi connectivity index (χ0v) is 15.0. The maximum absolute atomic E-state index is 12.1. The molecule has 1 amide bonds. The van der Waals surface area contributed by atoms with Gasteiger partial charge in [-0.15, -0.1) is 0 Å². The minimum absolute atomic E-state index is 0.468. The first-order valence-corrected chi connectivity index (χ1v) is 8.55. The number of carbonyl (C=O) groups excluding carboxylic acids is 1. The monoisotopic (exact) mass is 373 g/mol. The Hall–Kier alpha value is -2.29. The van der Waals surface area contributed by atoms with Crippen molar-refractivity contribution in [3.05, 3.63) is 64.7 Å². The minimum Gasteiger partial charge on any atom is -0.364 e. The first-order valence-electron chi connectivity index (χ1n) is 8.17. The Kier molecular flexibility index (Phi) is 5.97. The number of aliphatic hydroxyl groups excluding tert-OH is 1. The highest BCUT2D eigenvalue weighted by molar-refractivity contribution is 6.32. The molecule has 0 spiro atoms. The van der Waals surface area contributed by atoms with Gasteiger partial charge in [0.05, 0.1) is 11.4 Å². The number of benzodiazepines with no additional fused rings is 1. The van der Waals surface area contributed by atoms with E-state index in [9.17, 15) is 9.90 Å². The van der Waals surface area contributed by atoms with E-state index in [0.29, 0.717) is 16.4 Å². The zero-order chi connectivity index (χ0) is 18.5. The molecule has 4 rings (SSSR count). The number of halogens is 1. The Balaban J connectivity index is 0.000000339. The van der Waals surface area contributed by atoms with Gasteiger partial charge < -0.3 is 10.0 Å². The summed E-state index contributed by atoms with van der Waals surface area (Å²) in [5, 5.41) is 10.5. The summed E-state index contributed by atoms with van der Waals surface area (Å²) in [4.78, 5) is 17.7. The van der Waals surface area contributed by atoms with E-state index in [2.05, 4.69) is 21.4 Å². The number of rotatable bonds is 1. The molecule has 0 bridgehead atoms. The van der Waals surface area contributed by atoms with E-state index in [4.69, 9.17) is 11.6 Å². The van der Waals surface area contributed by atoms with Gasteiger partial charge in [0.2, 0.25) is 6.23 Å². The van der Waals surface area contributed by atoms with Gasteiger partial charge in [0.15, 0.2) is 0 Å². The fraction of sp³-hybridized carbons (Fsp3) is 0.222. The number of carbonyl (C=O) groups is 1. The lowest BCUT2D eigenvalue weighted by Gasteiger charge is -2.18. The third kappa shape index (κ3) is 4.09. The van der Waals surface area contributed by atoms with Gasteiger partial charge in [0.1, 0.15) is 0 Å². The highest BCUT2D eigenvalue weighted by Gasteiger charge is 2.28. The molecule has 4 N–H and O–H groups in total. The number of hydrazine groups is 2. The predicted octanol–water partition coefficient (Wildman–Crippen LogP) is 1.07. The number of anilines is 1. The summed E-state index contributed by atoms with van der Waals surface area (Å²) in [5.74, 6) is -0.468. The van der Waals surface area contributed by atoms with Crippen molar-refractivity contribution >= 4 is 28.9 Å². The molecule has 1 saturated heterocycles. The van der Waals surface area contributed by atoms with E-state index < -0.39 is 12.1 Å². The first kappa shape index (κ1) is 18.5. The number of fused-ring (bicyclic) bond motifs is 1. The second-order valence-corrected chi connectivity index (χ2v) is 6.19. The highest BCUT2D eigenvalue weighted by atomic mass is 35.5. The molecule has 1 fully saturated rings. The third-order valence-corrected chi connectivity index (χ3v) is 4.21. The normalized spacial score (nSPS) is 19.2. The van der Waals surface area contributed by atoms with Gasteiger partial charge >= 0.3 is 0 Å². The summed E-state index contributed by atoms with van der Waals surface area (Å²) in [6.45, 7) is 2.06. The van der Waals surface area contributed by atoms with E-state index in [1.165, 1.54) is 4.90 Å². The Labute approximate surface area is 156 Å². The molecule has 1 unspecified atom stereocenters. The van der Waals surface area contributed by atoms with Gasteiger partial charge in [-0.1, -0.05) is 41.9 Å². The molecule has 2 heterocycles. The summed E-state index contributed by atoms with van der Waals surface area (Å²) in [7, 11) is 1.61. The van der Waals surface area contributed by atoms with Gasteiger partial charge in [-0.25, -0.2) is 15.8 Å². The van der Waals surface area contributed by atoms with Gasteiger partial charge in [-0.3, -0.25) is 4.79 Å². The lowest BCUT2D eigenvalue weighted by Crippen LogP contribution is -2.34. The van der Waals surface area contributed by atoms with E-state index in [1.54, 1.807) is 25.2 Å². The molecule has 8 heteroatoms. The van der Waals surface area contributed by atoms with Crippen LogP contribution in [0.1, 0.15) is 11.1 Å². The second kappa shape index (κ2) is 8.39. The Morgan fingerprint density at radius 1 is 1.15 bits per heavy atom. The Bertz CT molecular complexity index is 801. The third-order valence-electron chi connectivity index (χ3n) is 3.98. The molecule has 0 saturated carbocycles. The average molecular weight is 374 g/mol. The number of likely N-dealkylation sites (N-methyl/N-ethyl adjacent to an activating group) is 1. The van der Waals surface area contributed by atoms with Gasteiger partial charge in [0.25, 0.3) is 5.91 Å². The fourth-order valence-corrected chi connectivity index (χ4v) is 2.84. The van der Waals surface area contributed by atoms with E-state index >= 15 is 0 Å². The Morgan fingerprint density at radius 2 is 1.85 bits per heavy atom. The summed E-state index contributed by atoms with van der Waals surface area (Å²) in [6.07, 6.45) is -1.42. The van der Waals surface area contributed by atoms with Crippen LogP contribution in [0.5, 0.6) is 0 Å². The number of nitrogens with zero attached hydrogens (tertiary/aromatic N) is 2. The number of aliphatic hydroxyl groups is 1. The van der Waals surface area contributed by atoms with Crippen LogP contribution in [0.4, 0.5) is 5.69 Å². The number of aliphatic imine (C=N–C) groups is 1. The highest BCUT2D eigenvalue weighted by Crippen LogP contribution is 2.29. The topological polar surface area (TPSA) is 89.0 Å². The molecule has 2 aliphatic rings. The fourth-order valence-electron chi connectivity index (χ4n) is 2.67. The second-order valence-electron chi connectivity index (χ2n) is 5.75. The standard InChI is InChI=1S/C16H13ClN2O2.C2H7N3/c1-19-13-8-7-11(17)9-12(13)14(18-15(20)16(19)21)10-5-3-2-4-6-10;1-2-4-5-3-1/h2-9,15,20H,1H3;3-5H,1-2H2. The van der Waals surface area contributed by atoms with E-state index in [-0.39, 0.29) is 0 Å². The summed E-state index contributed by atoms with van der Waals surface area (Å²) >= 11 is 6.08. The molecule has 0 radical (unpaired) electrons. The van der Waals surface area contributed by atoms with Crippen LogP contribution in [-0.2, 0) is 4.79 Å². The van der Waals surface area contributed by atoms with E-state index in [1.807, 2.05) is 30.3 Å². The molecular weight excluding hydrogens is 354 g/mol. The van der Waals surface area contributed by atoms with E-state index in [0.717, 1.165) is 24.2 Å². The van der Waals surface area contributed by atoms with Crippen molar-refractivity contribution in [1.82, 2.24) is 16.4 Å². The number of hydrogen-bond donors (Lipinski definition) is 4. The number of hydrogen-bond acceptors (Lipinski definition) is 6. The molecular formula is C18H20ClN5O2. The van der Waals surface area contributed by atoms with Crippen molar-refractivity contribution in [2.45, 2.75) is 6.23 Å².